The highest BCUT2D eigenvalue weighted by atomic mass is 32.2. The fourth-order valence-corrected chi connectivity index (χ4v) is 3.61. The third kappa shape index (κ3) is 5.43. The van der Waals surface area contributed by atoms with Crippen LogP contribution in [0.15, 0.2) is 0 Å². The van der Waals surface area contributed by atoms with E-state index in [2.05, 4.69) is 12.2 Å². The van der Waals surface area contributed by atoms with Crippen molar-refractivity contribution in [2.45, 2.75) is 63.8 Å². The standard InChI is InChI=1S/C14H25NO3S/c1-2-3-4-5-6-7-8-12(16)15-14(13(17)18)9-10-19-11-14/h2-11H2,1H3,(H,15,16)(H,17,18). The number of carboxylic acids is 1. The molecule has 1 aliphatic heterocycles. The van der Waals surface area contributed by atoms with Gasteiger partial charge >= 0.3 is 5.97 Å². The molecule has 0 bridgehead atoms. The van der Waals surface area contributed by atoms with Crippen molar-refractivity contribution >= 4 is 23.6 Å². The van der Waals surface area contributed by atoms with Gasteiger partial charge in [-0.1, -0.05) is 39.0 Å². The summed E-state index contributed by atoms with van der Waals surface area (Å²) < 4.78 is 0. The summed E-state index contributed by atoms with van der Waals surface area (Å²) in [6.07, 6.45) is 7.78. The van der Waals surface area contributed by atoms with E-state index in [0.29, 0.717) is 18.6 Å². The maximum atomic E-state index is 11.8. The summed E-state index contributed by atoms with van der Waals surface area (Å²) in [6, 6.07) is 0. The molecule has 1 rings (SSSR count). The van der Waals surface area contributed by atoms with Crippen molar-refractivity contribution in [2.75, 3.05) is 11.5 Å². The van der Waals surface area contributed by atoms with Gasteiger partial charge in [-0.3, -0.25) is 4.79 Å². The topological polar surface area (TPSA) is 66.4 Å². The summed E-state index contributed by atoms with van der Waals surface area (Å²) >= 11 is 1.59. The Hall–Kier alpha value is -0.710. The van der Waals surface area contributed by atoms with Crippen LogP contribution < -0.4 is 5.32 Å². The molecule has 1 atom stereocenters. The van der Waals surface area contributed by atoms with Crippen LogP contribution in [0.25, 0.3) is 0 Å². The molecular formula is C14H25NO3S. The van der Waals surface area contributed by atoms with Crippen molar-refractivity contribution in [3.05, 3.63) is 0 Å². The summed E-state index contributed by atoms with van der Waals surface area (Å²) in [5.74, 6) is 0.294. The lowest BCUT2D eigenvalue weighted by molar-refractivity contribution is -0.146. The predicted molar refractivity (Wildman–Crippen MR) is 78.4 cm³/mol. The SMILES string of the molecule is CCCCCCCCC(=O)NC1(C(=O)O)CCSC1. The summed E-state index contributed by atoms with van der Waals surface area (Å²) in [4.78, 5) is 23.1. The number of nitrogens with one attached hydrogen (secondary N) is 1. The van der Waals surface area contributed by atoms with Gasteiger partial charge in [0.1, 0.15) is 5.54 Å². The summed E-state index contributed by atoms with van der Waals surface area (Å²) in [6.45, 7) is 2.18. The molecule has 0 radical (unpaired) electrons. The lowest BCUT2D eigenvalue weighted by atomic mass is 9.98. The van der Waals surface area contributed by atoms with Crippen LogP contribution in [0.5, 0.6) is 0 Å². The second kappa shape index (κ2) is 8.46. The highest BCUT2D eigenvalue weighted by molar-refractivity contribution is 7.99. The molecule has 0 aromatic heterocycles. The Balaban J connectivity index is 2.21. The minimum Gasteiger partial charge on any atom is -0.479 e. The van der Waals surface area contributed by atoms with Crippen molar-refractivity contribution in [1.82, 2.24) is 5.32 Å². The van der Waals surface area contributed by atoms with Crippen LogP contribution in [0.2, 0.25) is 0 Å². The Labute approximate surface area is 119 Å². The number of carbonyl (C=O) groups excluding carboxylic acids is 1. The van der Waals surface area contributed by atoms with Gasteiger partial charge in [0.05, 0.1) is 0 Å². The average Bonchev–Trinajstić information content (AvgIpc) is 2.83. The van der Waals surface area contributed by atoms with E-state index in [4.69, 9.17) is 0 Å². The Bertz CT molecular complexity index is 301. The van der Waals surface area contributed by atoms with Crippen LogP contribution in [0.3, 0.4) is 0 Å². The number of carbonyl (C=O) groups is 2. The van der Waals surface area contributed by atoms with Gasteiger partial charge in [0.2, 0.25) is 5.91 Å². The van der Waals surface area contributed by atoms with E-state index in [9.17, 15) is 14.7 Å². The van der Waals surface area contributed by atoms with E-state index in [1.807, 2.05) is 0 Å². The summed E-state index contributed by atoms with van der Waals surface area (Å²) in [5, 5.41) is 12.0. The van der Waals surface area contributed by atoms with Gasteiger partial charge in [-0.15, -0.1) is 0 Å². The summed E-state index contributed by atoms with van der Waals surface area (Å²) in [5.41, 5.74) is -1.01. The second-order valence-corrected chi connectivity index (χ2v) is 6.36. The van der Waals surface area contributed by atoms with Gasteiger partial charge < -0.3 is 10.4 Å². The Morgan fingerprint density at radius 2 is 1.89 bits per heavy atom. The number of rotatable bonds is 9. The quantitative estimate of drug-likeness (QED) is 0.640. The molecule has 1 unspecified atom stereocenters. The molecule has 1 fully saturated rings. The first-order valence-electron chi connectivity index (χ1n) is 7.23. The molecule has 1 saturated heterocycles. The van der Waals surface area contributed by atoms with Crippen molar-refractivity contribution in [2.24, 2.45) is 0 Å². The molecule has 4 nitrogen and oxygen atoms in total. The van der Waals surface area contributed by atoms with E-state index >= 15 is 0 Å². The molecule has 0 aromatic carbocycles. The molecule has 110 valence electrons. The van der Waals surface area contributed by atoms with E-state index in [-0.39, 0.29) is 5.91 Å². The van der Waals surface area contributed by atoms with Crippen molar-refractivity contribution in [3.8, 4) is 0 Å². The molecule has 2 N–H and O–H groups in total. The Morgan fingerprint density at radius 1 is 1.21 bits per heavy atom. The van der Waals surface area contributed by atoms with Crippen LogP contribution in [0.4, 0.5) is 0 Å². The largest absolute Gasteiger partial charge is 0.479 e. The minimum atomic E-state index is -1.01. The van der Waals surface area contributed by atoms with Gasteiger partial charge in [0, 0.05) is 12.2 Å². The smallest absolute Gasteiger partial charge is 0.330 e. The molecule has 19 heavy (non-hydrogen) atoms. The normalized spacial score (nSPS) is 22.4. The minimum absolute atomic E-state index is 0.111. The monoisotopic (exact) mass is 287 g/mol. The van der Waals surface area contributed by atoms with E-state index in [1.165, 1.54) is 25.7 Å². The van der Waals surface area contributed by atoms with E-state index < -0.39 is 11.5 Å². The third-order valence-corrected chi connectivity index (χ3v) is 4.76. The van der Waals surface area contributed by atoms with Crippen molar-refractivity contribution in [3.63, 3.8) is 0 Å². The van der Waals surface area contributed by atoms with Crippen LogP contribution in [-0.2, 0) is 9.59 Å². The Morgan fingerprint density at radius 3 is 2.47 bits per heavy atom. The second-order valence-electron chi connectivity index (χ2n) is 5.26. The van der Waals surface area contributed by atoms with Crippen LogP contribution in [0, 0.1) is 0 Å². The first kappa shape index (κ1) is 16.3. The molecule has 1 aliphatic rings. The maximum Gasteiger partial charge on any atom is 0.330 e. The number of thioether (sulfide) groups is 1. The number of amides is 1. The highest BCUT2D eigenvalue weighted by Crippen LogP contribution is 2.28. The zero-order chi connectivity index (χ0) is 14.1. The lowest BCUT2D eigenvalue weighted by Crippen LogP contribution is -2.54. The van der Waals surface area contributed by atoms with Gasteiger partial charge in [-0.2, -0.15) is 11.8 Å². The zero-order valence-corrected chi connectivity index (χ0v) is 12.6. The molecule has 5 heteroatoms. The zero-order valence-electron chi connectivity index (χ0n) is 11.7. The Kier molecular flexibility index (Phi) is 7.28. The van der Waals surface area contributed by atoms with Crippen LogP contribution >= 0.6 is 11.8 Å². The van der Waals surface area contributed by atoms with Crippen molar-refractivity contribution in [1.29, 1.82) is 0 Å². The maximum absolute atomic E-state index is 11.8. The van der Waals surface area contributed by atoms with Crippen LogP contribution in [-0.4, -0.2) is 34.0 Å². The number of hydrogen-bond donors (Lipinski definition) is 2. The number of unbranched alkanes of at least 4 members (excludes halogenated alkanes) is 5. The summed E-state index contributed by atoms with van der Waals surface area (Å²) in [7, 11) is 0. The molecular weight excluding hydrogens is 262 g/mol. The fraction of sp³-hybridized carbons (Fsp3) is 0.857. The van der Waals surface area contributed by atoms with Crippen molar-refractivity contribution < 1.29 is 14.7 Å². The molecule has 0 aliphatic carbocycles. The lowest BCUT2D eigenvalue weighted by Gasteiger charge is -2.24. The molecule has 1 amide bonds. The first-order chi connectivity index (χ1) is 9.10. The number of aliphatic carboxylic acids is 1. The first-order valence-corrected chi connectivity index (χ1v) is 8.38. The van der Waals surface area contributed by atoms with E-state index in [1.54, 1.807) is 11.8 Å². The predicted octanol–water partition coefficient (Wildman–Crippen LogP) is 2.81. The van der Waals surface area contributed by atoms with Gasteiger partial charge in [0.15, 0.2) is 0 Å². The molecule has 0 aromatic rings. The van der Waals surface area contributed by atoms with E-state index in [0.717, 1.165) is 18.6 Å². The van der Waals surface area contributed by atoms with Gasteiger partial charge in [-0.05, 0) is 18.6 Å². The molecule has 1 heterocycles. The average molecular weight is 287 g/mol. The number of hydrogen-bond acceptors (Lipinski definition) is 3. The third-order valence-electron chi connectivity index (χ3n) is 3.57. The molecule has 0 spiro atoms. The van der Waals surface area contributed by atoms with Gasteiger partial charge in [-0.25, -0.2) is 4.79 Å². The van der Waals surface area contributed by atoms with Crippen LogP contribution in [0.1, 0.15) is 58.3 Å². The highest BCUT2D eigenvalue weighted by Gasteiger charge is 2.42. The fourth-order valence-electron chi connectivity index (χ4n) is 2.28. The number of carboxylic acid groups (broad SMARTS) is 1. The van der Waals surface area contributed by atoms with Gasteiger partial charge in [0.25, 0.3) is 0 Å². The molecule has 0 saturated carbocycles.